The topological polar surface area (TPSA) is 62.3 Å². The first-order valence-electron chi connectivity index (χ1n) is 4.11. The van der Waals surface area contributed by atoms with Gasteiger partial charge in [0, 0.05) is 6.07 Å². The molecule has 0 aliphatic carbocycles. The second-order valence-electron chi connectivity index (χ2n) is 2.90. The lowest BCUT2D eigenvalue weighted by molar-refractivity contribution is 0.416. The largest absolute Gasteiger partial charge is 0.507 e. The Hall–Kier alpha value is -1.97. The van der Waals surface area contributed by atoms with Crippen LogP contribution in [0.15, 0.2) is 29.1 Å². The van der Waals surface area contributed by atoms with Gasteiger partial charge in [-0.3, -0.25) is 4.79 Å². The molecule has 2 aromatic rings. The van der Waals surface area contributed by atoms with Crippen molar-refractivity contribution in [2.24, 2.45) is 0 Å². The molecule has 1 heterocycles. The highest BCUT2D eigenvalue weighted by Gasteiger charge is 2.06. The lowest BCUT2D eigenvalue weighted by Crippen LogP contribution is -2.03. The van der Waals surface area contributed by atoms with E-state index >= 15 is 0 Å². The highest BCUT2D eigenvalue weighted by molar-refractivity contribution is 5.90. The number of nitrogens with one attached hydrogen (secondary N) is 1. The van der Waals surface area contributed by atoms with Gasteiger partial charge in [0.15, 0.2) is 0 Å². The van der Waals surface area contributed by atoms with Gasteiger partial charge in [-0.1, -0.05) is 6.07 Å². The van der Waals surface area contributed by atoms with Crippen LogP contribution < -0.4 is 10.3 Å². The molecule has 0 saturated carbocycles. The molecule has 2 rings (SSSR count). The third kappa shape index (κ3) is 1.21. The summed E-state index contributed by atoms with van der Waals surface area (Å²) in [5, 5.41) is 10.1. The van der Waals surface area contributed by atoms with Crippen LogP contribution in [0.25, 0.3) is 10.9 Å². The van der Waals surface area contributed by atoms with Gasteiger partial charge in [-0.25, -0.2) is 0 Å². The lowest BCUT2D eigenvalue weighted by Gasteiger charge is -2.05. The van der Waals surface area contributed by atoms with Crippen molar-refractivity contribution >= 4 is 10.9 Å². The van der Waals surface area contributed by atoms with Crippen molar-refractivity contribution in [2.75, 3.05) is 7.11 Å². The molecular formula is C10H9NO3. The van der Waals surface area contributed by atoms with Crippen molar-refractivity contribution in [3.05, 3.63) is 34.6 Å². The van der Waals surface area contributed by atoms with Gasteiger partial charge in [0.1, 0.15) is 11.5 Å². The minimum atomic E-state index is -0.330. The van der Waals surface area contributed by atoms with Gasteiger partial charge in [-0.05, 0) is 12.1 Å². The Labute approximate surface area is 79.8 Å². The summed E-state index contributed by atoms with van der Waals surface area (Å²) in [6.07, 6.45) is 0. The summed E-state index contributed by atoms with van der Waals surface area (Å²) in [5.74, 6) is 0.470. The molecule has 72 valence electrons. The quantitative estimate of drug-likeness (QED) is 0.712. The van der Waals surface area contributed by atoms with Crippen LogP contribution >= 0.6 is 0 Å². The normalized spacial score (nSPS) is 10.4. The van der Waals surface area contributed by atoms with E-state index in [2.05, 4.69) is 4.98 Å². The average Bonchev–Trinajstić information content (AvgIpc) is 2.16. The highest BCUT2D eigenvalue weighted by atomic mass is 16.5. The maximum Gasteiger partial charge on any atom is 0.252 e. The van der Waals surface area contributed by atoms with Crippen molar-refractivity contribution < 1.29 is 9.84 Å². The van der Waals surface area contributed by atoms with E-state index in [0.717, 1.165) is 6.07 Å². The molecule has 4 heteroatoms. The summed E-state index contributed by atoms with van der Waals surface area (Å²) >= 11 is 0. The third-order valence-corrected chi connectivity index (χ3v) is 2.03. The molecule has 0 aliphatic rings. The summed E-state index contributed by atoms with van der Waals surface area (Å²) in [6, 6.07) is 6.31. The Morgan fingerprint density at radius 3 is 2.93 bits per heavy atom. The van der Waals surface area contributed by atoms with Gasteiger partial charge >= 0.3 is 0 Å². The van der Waals surface area contributed by atoms with Crippen molar-refractivity contribution in [1.82, 2.24) is 4.98 Å². The number of aromatic nitrogens is 1. The maximum atomic E-state index is 11.0. The van der Waals surface area contributed by atoms with Gasteiger partial charge in [0.05, 0.1) is 18.0 Å². The van der Waals surface area contributed by atoms with Gasteiger partial charge < -0.3 is 14.8 Å². The zero-order valence-electron chi connectivity index (χ0n) is 7.57. The SMILES string of the molecule is COc1cccc2[nH]c(=O)cc(O)c12. The van der Waals surface area contributed by atoms with Gasteiger partial charge in [-0.15, -0.1) is 0 Å². The first-order valence-corrected chi connectivity index (χ1v) is 4.11. The molecule has 0 bridgehead atoms. The molecular weight excluding hydrogens is 182 g/mol. The van der Waals surface area contributed by atoms with Crippen LogP contribution in [-0.2, 0) is 0 Å². The number of ether oxygens (including phenoxy) is 1. The molecule has 0 aliphatic heterocycles. The summed E-state index contributed by atoms with van der Waals surface area (Å²) < 4.78 is 5.07. The summed E-state index contributed by atoms with van der Waals surface area (Å²) in [5.41, 5.74) is 0.234. The van der Waals surface area contributed by atoms with E-state index in [0.29, 0.717) is 16.7 Å². The van der Waals surface area contributed by atoms with Crippen LogP contribution in [0, 0.1) is 0 Å². The Bertz CT molecular complexity index is 530. The zero-order chi connectivity index (χ0) is 10.1. The van der Waals surface area contributed by atoms with E-state index < -0.39 is 0 Å². The van der Waals surface area contributed by atoms with Gasteiger partial charge in [-0.2, -0.15) is 0 Å². The fourth-order valence-corrected chi connectivity index (χ4v) is 1.43. The van der Waals surface area contributed by atoms with Crippen LogP contribution in [-0.4, -0.2) is 17.2 Å². The number of benzene rings is 1. The molecule has 2 N–H and O–H groups in total. The fourth-order valence-electron chi connectivity index (χ4n) is 1.43. The van der Waals surface area contributed by atoms with Crippen molar-refractivity contribution in [1.29, 1.82) is 0 Å². The van der Waals surface area contributed by atoms with Crippen molar-refractivity contribution in [2.45, 2.75) is 0 Å². The van der Waals surface area contributed by atoms with E-state index in [1.54, 1.807) is 18.2 Å². The monoisotopic (exact) mass is 191 g/mol. The zero-order valence-corrected chi connectivity index (χ0v) is 7.57. The minimum absolute atomic E-state index is 0.0683. The predicted octanol–water partition coefficient (Wildman–Crippen LogP) is 1.24. The molecule has 14 heavy (non-hydrogen) atoms. The predicted molar refractivity (Wildman–Crippen MR) is 52.8 cm³/mol. The molecule has 0 fully saturated rings. The molecule has 0 spiro atoms. The second-order valence-corrected chi connectivity index (χ2v) is 2.90. The van der Waals surface area contributed by atoms with E-state index in [4.69, 9.17) is 4.74 Å². The van der Waals surface area contributed by atoms with Gasteiger partial charge in [0.25, 0.3) is 5.56 Å². The Morgan fingerprint density at radius 2 is 2.21 bits per heavy atom. The molecule has 1 aromatic heterocycles. The van der Waals surface area contributed by atoms with Crippen LogP contribution in [0.1, 0.15) is 0 Å². The molecule has 0 saturated heterocycles. The second kappa shape index (κ2) is 3.06. The smallest absolute Gasteiger partial charge is 0.252 e. The van der Waals surface area contributed by atoms with E-state index in [9.17, 15) is 9.90 Å². The van der Waals surface area contributed by atoms with Crippen LogP contribution in [0.3, 0.4) is 0 Å². The summed E-state index contributed by atoms with van der Waals surface area (Å²) in [6.45, 7) is 0. The number of hydrogen-bond donors (Lipinski definition) is 2. The van der Waals surface area contributed by atoms with Crippen LogP contribution in [0.2, 0.25) is 0 Å². The Morgan fingerprint density at radius 1 is 1.43 bits per heavy atom. The molecule has 0 radical (unpaired) electrons. The number of pyridine rings is 1. The average molecular weight is 191 g/mol. The maximum absolute atomic E-state index is 11.0. The van der Waals surface area contributed by atoms with E-state index in [1.165, 1.54) is 7.11 Å². The standard InChI is InChI=1S/C10H9NO3/c1-14-8-4-2-3-6-10(8)7(12)5-9(13)11-6/h2-5H,1H3,(H2,11,12,13). The number of aromatic amines is 1. The molecule has 0 unspecified atom stereocenters. The first-order chi connectivity index (χ1) is 6.72. The fraction of sp³-hybridized carbons (Fsp3) is 0.100. The van der Waals surface area contributed by atoms with Crippen molar-refractivity contribution in [3.63, 3.8) is 0 Å². The first kappa shape index (κ1) is 8.62. The molecule has 1 aromatic carbocycles. The summed E-state index contributed by atoms with van der Waals surface area (Å²) in [7, 11) is 1.51. The van der Waals surface area contributed by atoms with E-state index in [1.807, 2.05) is 0 Å². The number of hydrogen-bond acceptors (Lipinski definition) is 3. The van der Waals surface area contributed by atoms with Crippen LogP contribution in [0.4, 0.5) is 0 Å². The molecule has 4 nitrogen and oxygen atoms in total. The lowest BCUT2D eigenvalue weighted by atomic mass is 10.2. The number of aromatic hydroxyl groups is 1. The Kier molecular flexibility index (Phi) is 1.89. The number of rotatable bonds is 1. The minimum Gasteiger partial charge on any atom is -0.507 e. The van der Waals surface area contributed by atoms with E-state index in [-0.39, 0.29) is 11.3 Å². The number of fused-ring (bicyclic) bond motifs is 1. The van der Waals surface area contributed by atoms with Crippen molar-refractivity contribution in [3.8, 4) is 11.5 Å². The highest BCUT2D eigenvalue weighted by Crippen LogP contribution is 2.30. The van der Waals surface area contributed by atoms with Crippen LogP contribution in [0.5, 0.6) is 11.5 Å². The summed E-state index contributed by atoms with van der Waals surface area (Å²) in [4.78, 5) is 13.7. The Balaban J connectivity index is 2.94. The number of H-pyrrole nitrogens is 1. The molecule has 0 atom stereocenters. The number of methoxy groups -OCH3 is 1. The molecule has 0 amide bonds. The van der Waals surface area contributed by atoms with Gasteiger partial charge in [0.2, 0.25) is 0 Å². The third-order valence-electron chi connectivity index (χ3n) is 2.03.